The molecule has 1 N–H and O–H groups in total. The van der Waals surface area contributed by atoms with E-state index in [1.54, 1.807) is 0 Å². The minimum atomic E-state index is -4.47. The van der Waals surface area contributed by atoms with Crippen LogP contribution in [0.2, 0.25) is 0 Å². The highest BCUT2D eigenvalue weighted by Gasteiger charge is 2.39. The first kappa shape index (κ1) is 19.7. The predicted molar refractivity (Wildman–Crippen MR) is 92.1 cm³/mol. The molecule has 2 heterocycles. The van der Waals surface area contributed by atoms with Crippen LogP contribution in [0, 0.1) is 5.41 Å². The van der Waals surface area contributed by atoms with Crippen molar-refractivity contribution in [1.82, 2.24) is 14.3 Å². The van der Waals surface area contributed by atoms with Crippen molar-refractivity contribution in [3.8, 4) is 0 Å². The van der Waals surface area contributed by atoms with Gasteiger partial charge in [0.2, 0.25) is 10.0 Å². The fraction of sp³-hybridized carbons (Fsp3) is 0.824. The van der Waals surface area contributed by atoms with Crippen molar-refractivity contribution in [2.75, 3.05) is 18.8 Å². The van der Waals surface area contributed by atoms with E-state index >= 15 is 0 Å². The van der Waals surface area contributed by atoms with Crippen molar-refractivity contribution in [2.24, 2.45) is 5.41 Å². The van der Waals surface area contributed by atoms with E-state index in [1.165, 1.54) is 4.31 Å². The quantitative estimate of drug-likeness (QED) is 0.843. The first-order chi connectivity index (χ1) is 12.1. The monoisotopic (exact) mass is 393 g/mol. The van der Waals surface area contributed by atoms with Gasteiger partial charge < -0.3 is 4.98 Å². The van der Waals surface area contributed by atoms with Gasteiger partial charge >= 0.3 is 6.18 Å². The summed E-state index contributed by atoms with van der Waals surface area (Å²) in [5.74, 6) is 0.0217. The molecule has 0 aromatic carbocycles. The van der Waals surface area contributed by atoms with Crippen molar-refractivity contribution in [3.05, 3.63) is 17.7 Å². The molecule has 1 aliphatic heterocycles. The highest BCUT2D eigenvalue weighted by Crippen LogP contribution is 2.38. The Balaban J connectivity index is 1.70. The average molecular weight is 393 g/mol. The molecule has 26 heavy (non-hydrogen) atoms. The van der Waals surface area contributed by atoms with Crippen LogP contribution < -0.4 is 0 Å². The molecule has 3 rings (SSSR count). The van der Waals surface area contributed by atoms with E-state index in [4.69, 9.17) is 0 Å². The molecule has 0 bridgehead atoms. The third-order valence-electron chi connectivity index (χ3n) is 5.66. The lowest BCUT2D eigenvalue weighted by molar-refractivity contribution is -0.141. The highest BCUT2D eigenvalue weighted by atomic mass is 32.2. The molecular formula is C17H26F3N3O2S. The zero-order valence-electron chi connectivity index (χ0n) is 15.0. The number of nitrogens with one attached hydrogen (secondary N) is 1. The molecular weight excluding hydrogens is 367 g/mol. The van der Waals surface area contributed by atoms with Gasteiger partial charge in [-0.3, -0.25) is 0 Å². The normalized spacial score (nSPS) is 25.3. The van der Waals surface area contributed by atoms with Gasteiger partial charge in [0, 0.05) is 19.0 Å². The van der Waals surface area contributed by atoms with Crippen molar-refractivity contribution in [2.45, 2.75) is 64.0 Å². The molecule has 1 unspecified atom stereocenters. The second-order valence-electron chi connectivity index (χ2n) is 8.00. The summed E-state index contributed by atoms with van der Waals surface area (Å²) in [6.45, 7) is 2.66. The van der Waals surface area contributed by atoms with Crippen LogP contribution in [0.5, 0.6) is 0 Å². The molecule has 1 aromatic heterocycles. The third kappa shape index (κ3) is 4.42. The minimum absolute atomic E-state index is 0.124. The van der Waals surface area contributed by atoms with Gasteiger partial charge in [0.25, 0.3) is 0 Å². The molecule has 9 heteroatoms. The van der Waals surface area contributed by atoms with Crippen molar-refractivity contribution in [1.29, 1.82) is 0 Å². The van der Waals surface area contributed by atoms with Crippen LogP contribution in [-0.2, 0) is 16.2 Å². The van der Waals surface area contributed by atoms with Crippen molar-refractivity contribution < 1.29 is 21.6 Å². The number of hydrogen-bond acceptors (Lipinski definition) is 3. The number of halogens is 3. The fourth-order valence-corrected chi connectivity index (χ4v) is 6.35. The maximum atomic E-state index is 12.9. The number of H-pyrrole nitrogens is 1. The molecule has 0 radical (unpaired) electrons. The lowest BCUT2D eigenvalue weighted by Gasteiger charge is -2.37. The van der Waals surface area contributed by atoms with Gasteiger partial charge in [-0.1, -0.05) is 26.2 Å². The summed E-state index contributed by atoms with van der Waals surface area (Å²) >= 11 is 0. The Morgan fingerprint density at radius 2 is 1.96 bits per heavy atom. The van der Waals surface area contributed by atoms with Crippen molar-refractivity contribution >= 4 is 10.0 Å². The molecule has 0 spiro atoms. The Morgan fingerprint density at radius 1 is 1.27 bits per heavy atom. The first-order valence-corrected chi connectivity index (χ1v) is 10.8. The Labute approximate surface area is 152 Å². The van der Waals surface area contributed by atoms with Crippen LogP contribution in [-0.4, -0.2) is 41.5 Å². The summed E-state index contributed by atoms with van der Waals surface area (Å²) in [6.07, 6.45) is 2.67. The van der Waals surface area contributed by atoms with E-state index < -0.39 is 21.9 Å². The van der Waals surface area contributed by atoms with E-state index in [0.29, 0.717) is 19.4 Å². The number of aromatic nitrogens is 2. The molecule has 1 saturated heterocycles. The largest absolute Gasteiger partial charge is 0.432 e. The third-order valence-corrected chi connectivity index (χ3v) is 7.84. The highest BCUT2D eigenvalue weighted by molar-refractivity contribution is 7.89. The number of hydrogen-bond donors (Lipinski definition) is 1. The van der Waals surface area contributed by atoms with E-state index in [1.807, 2.05) is 6.92 Å². The molecule has 2 aliphatic rings. The standard InChI is InChI=1S/C17H26F3N3O2S/c1-16(7-3-2-4-8-16)12-26(24,25)23-9-5-6-13(11-23)15-21-10-14(22-15)17(18,19)20/h10,13H,2-9,11-12H2,1H3,(H,21,22). The number of sulfonamides is 1. The SMILES string of the molecule is CC1(CS(=O)(=O)N2CCCC(c3ncc(C(F)(F)F)[nH]3)C2)CCCCC1. The number of aromatic amines is 1. The zero-order valence-corrected chi connectivity index (χ0v) is 15.8. The summed E-state index contributed by atoms with van der Waals surface area (Å²) in [7, 11) is -3.43. The molecule has 1 atom stereocenters. The average Bonchev–Trinajstić information content (AvgIpc) is 3.05. The Hall–Kier alpha value is -1.09. The molecule has 1 saturated carbocycles. The molecule has 148 valence electrons. The van der Waals surface area contributed by atoms with Crippen LogP contribution in [0.15, 0.2) is 6.20 Å². The summed E-state index contributed by atoms with van der Waals surface area (Å²) in [5.41, 5.74) is -1.08. The van der Waals surface area contributed by atoms with E-state index in [2.05, 4.69) is 9.97 Å². The summed E-state index contributed by atoms with van der Waals surface area (Å²) in [4.78, 5) is 6.18. The lowest BCUT2D eigenvalue weighted by atomic mass is 9.77. The zero-order chi connectivity index (χ0) is 19.0. The Morgan fingerprint density at radius 3 is 2.58 bits per heavy atom. The lowest BCUT2D eigenvalue weighted by Crippen LogP contribution is -2.44. The van der Waals surface area contributed by atoms with Gasteiger partial charge in [-0.25, -0.2) is 17.7 Å². The second-order valence-corrected chi connectivity index (χ2v) is 9.97. The molecule has 1 aromatic rings. The summed E-state index contributed by atoms with van der Waals surface area (Å²) < 4.78 is 65.6. The minimum Gasteiger partial charge on any atom is -0.338 e. The summed E-state index contributed by atoms with van der Waals surface area (Å²) in [6, 6.07) is 0. The molecule has 1 aliphatic carbocycles. The topological polar surface area (TPSA) is 66.1 Å². The number of alkyl halides is 3. The van der Waals surface area contributed by atoms with Gasteiger partial charge in [0.05, 0.1) is 11.9 Å². The fourth-order valence-electron chi connectivity index (χ4n) is 4.19. The molecule has 0 amide bonds. The van der Waals surface area contributed by atoms with Gasteiger partial charge in [-0.05, 0) is 31.1 Å². The van der Waals surface area contributed by atoms with E-state index in [-0.39, 0.29) is 29.5 Å². The maximum Gasteiger partial charge on any atom is 0.432 e. The summed E-state index contributed by atoms with van der Waals surface area (Å²) in [5, 5.41) is 0. The van der Waals surface area contributed by atoms with Crippen LogP contribution in [0.25, 0.3) is 0 Å². The number of piperidine rings is 1. The van der Waals surface area contributed by atoms with Gasteiger partial charge in [-0.15, -0.1) is 0 Å². The van der Waals surface area contributed by atoms with Gasteiger partial charge in [0.1, 0.15) is 11.5 Å². The van der Waals surface area contributed by atoms with Crippen LogP contribution in [0.3, 0.4) is 0 Å². The molecule has 5 nitrogen and oxygen atoms in total. The Kier molecular flexibility index (Phi) is 5.40. The van der Waals surface area contributed by atoms with Gasteiger partial charge in [-0.2, -0.15) is 13.2 Å². The number of nitrogens with zero attached hydrogens (tertiary/aromatic N) is 2. The van der Waals surface area contributed by atoms with Gasteiger partial charge in [0.15, 0.2) is 0 Å². The van der Waals surface area contributed by atoms with Crippen LogP contribution >= 0.6 is 0 Å². The van der Waals surface area contributed by atoms with E-state index in [0.717, 1.165) is 38.3 Å². The number of rotatable bonds is 4. The van der Waals surface area contributed by atoms with Crippen LogP contribution in [0.4, 0.5) is 13.2 Å². The van der Waals surface area contributed by atoms with E-state index in [9.17, 15) is 21.6 Å². The predicted octanol–water partition coefficient (Wildman–Crippen LogP) is 3.91. The molecule has 2 fully saturated rings. The second kappa shape index (κ2) is 7.14. The van der Waals surface area contributed by atoms with Crippen LogP contribution in [0.1, 0.15) is 69.3 Å². The van der Waals surface area contributed by atoms with Crippen molar-refractivity contribution in [3.63, 3.8) is 0 Å². The first-order valence-electron chi connectivity index (χ1n) is 9.19. The number of imidazole rings is 1. The smallest absolute Gasteiger partial charge is 0.338 e. The Bertz CT molecular complexity index is 724. The maximum absolute atomic E-state index is 12.9.